The number of aliphatic carboxylic acids is 1. The van der Waals surface area contributed by atoms with Crippen LogP contribution in [0, 0.1) is 17.3 Å². The predicted molar refractivity (Wildman–Crippen MR) is 51.0 cm³/mol. The zero-order valence-electron chi connectivity index (χ0n) is 8.30. The van der Waals surface area contributed by atoms with Crippen LogP contribution in [0.5, 0.6) is 0 Å². The second-order valence-corrected chi connectivity index (χ2v) is 4.76. The van der Waals surface area contributed by atoms with Gasteiger partial charge in [0.1, 0.15) is 17.8 Å². The fourth-order valence-corrected chi connectivity index (χ4v) is 2.97. The van der Waals surface area contributed by atoms with E-state index in [0.29, 0.717) is 12.2 Å². The van der Waals surface area contributed by atoms with Crippen molar-refractivity contribution in [2.45, 2.75) is 19.4 Å². The lowest BCUT2D eigenvalue weighted by atomic mass is 9.76. The maximum Gasteiger partial charge on any atom is 0.310 e. The number of carboxylic acids is 1. The Bertz CT molecular complexity index is 409. The van der Waals surface area contributed by atoms with Crippen LogP contribution in [0.2, 0.25) is 0 Å². The Hall–Kier alpha value is -1.45. The fourth-order valence-electron chi connectivity index (χ4n) is 2.97. The van der Waals surface area contributed by atoms with Gasteiger partial charge in [0.2, 0.25) is 0 Å². The Kier molecular flexibility index (Phi) is 1.40. The number of aliphatic hydroxyl groups excluding tert-OH is 1. The second-order valence-electron chi connectivity index (χ2n) is 4.76. The van der Waals surface area contributed by atoms with Crippen LogP contribution in [-0.4, -0.2) is 22.3 Å². The van der Waals surface area contributed by atoms with Gasteiger partial charge in [-0.05, 0) is 12.2 Å². The normalized spacial score (nSPS) is 45.8. The number of rotatable bonds is 1. The van der Waals surface area contributed by atoms with Gasteiger partial charge in [0.05, 0.1) is 5.76 Å². The van der Waals surface area contributed by atoms with Gasteiger partial charge in [0.25, 0.3) is 0 Å². The maximum absolute atomic E-state index is 10.9. The number of fused-ring (bicyclic) bond motifs is 3. The molecule has 1 aliphatic heterocycles. The fraction of sp³-hybridized carbons (Fsp3) is 0.545. The monoisotopic (exact) mass is 208 g/mol. The SMILES string of the molecule is CC12CC(O)=CC=C1O[C@@H]1[C@@H](C(=O)O)[C@@H]12. The molecule has 0 spiro atoms. The predicted octanol–water partition coefficient (Wildman–Crippen LogP) is 1.45. The van der Waals surface area contributed by atoms with Gasteiger partial charge in [-0.2, -0.15) is 0 Å². The molecule has 4 atom stereocenters. The summed E-state index contributed by atoms with van der Waals surface area (Å²) in [5.74, 6) is -0.0243. The van der Waals surface area contributed by atoms with Crippen molar-refractivity contribution in [1.82, 2.24) is 0 Å². The van der Waals surface area contributed by atoms with Crippen molar-refractivity contribution in [2.75, 3.05) is 0 Å². The highest BCUT2D eigenvalue weighted by molar-refractivity contribution is 5.76. The van der Waals surface area contributed by atoms with Gasteiger partial charge in [0, 0.05) is 17.8 Å². The van der Waals surface area contributed by atoms with E-state index in [2.05, 4.69) is 0 Å². The molecule has 0 bridgehead atoms. The molecule has 15 heavy (non-hydrogen) atoms. The largest absolute Gasteiger partial charge is 0.512 e. The van der Waals surface area contributed by atoms with Crippen LogP contribution in [0.3, 0.4) is 0 Å². The number of carbonyl (C=O) groups is 1. The maximum atomic E-state index is 10.9. The summed E-state index contributed by atoms with van der Waals surface area (Å²) >= 11 is 0. The minimum Gasteiger partial charge on any atom is -0.512 e. The molecule has 2 fully saturated rings. The van der Waals surface area contributed by atoms with Crippen molar-refractivity contribution in [3.05, 3.63) is 23.7 Å². The van der Waals surface area contributed by atoms with Crippen molar-refractivity contribution >= 4 is 5.97 Å². The molecule has 0 aromatic heterocycles. The summed E-state index contributed by atoms with van der Waals surface area (Å²) in [7, 11) is 0. The second kappa shape index (κ2) is 2.38. The van der Waals surface area contributed by atoms with E-state index in [1.807, 2.05) is 6.92 Å². The molecule has 1 unspecified atom stereocenters. The van der Waals surface area contributed by atoms with Crippen molar-refractivity contribution in [3.63, 3.8) is 0 Å². The van der Waals surface area contributed by atoms with E-state index in [4.69, 9.17) is 9.84 Å². The van der Waals surface area contributed by atoms with Gasteiger partial charge in [-0.15, -0.1) is 0 Å². The summed E-state index contributed by atoms with van der Waals surface area (Å²) in [6.07, 6.45) is 3.68. The van der Waals surface area contributed by atoms with E-state index in [1.54, 1.807) is 12.2 Å². The van der Waals surface area contributed by atoms with Crippen molar-refractivity contribution in [3.8, 4) is 0 Å². The molecular weight excluding hydrogens is 196 g/mol. The molecule has 1 heterocycles. The molecule has 2 aliphatic carbocycles. The first-order valence-electron chi connectivity index (χ1n) is 5.04. The molecule has 2 N–H and O–H groups in total. The van der Waals surface area contributed by atoms with Gasteiger partial charge in [-0.1, -0.05) is 6.92 Å². The van der Waals surface area contributed by atoms with Crippen molar-refractivity contribution in [1.29, 1.82) is 0 Å². The Labute approximate surface area is 86.9 Å². The molecule has 4 heteroatoms. The molecule has 3 aliphatic rings. The number of hydrogen-bond acceptors (Lipinski definition) is 3. The molecule has 0 radical (unpaired) electrons. The third kappa shape index (κ3) is 0.940. The van der Waals surface area contributed by atoms with Gasteiger partial charge >= 0.3 is 5.97 Å². The van der Waals surface area contributed by atoms with Crippen LogP contribution in [-0.2, 0) is 9.53 Å². The quantitative estimate of drug-likeness (QED) is 0.684. The molecule has 3 rings (SSSR count). The number of aliphatic hydroxyl groups is 1. The average Bonchev–Trinajstić information content (AvgIpc) is 2.78. The van der Waals surface area contributed by atoms with E-state index < -0.39 is 11.9 Å². The van der Waals surface area contributed by atoms with Crippen molar-refractivity contribution in [2.24, 2.45) is 17.3 Å². The van der Waals surface area contributed by atoms with Crippen LogP contribution in [0.25, 0.3) is 0 Å². The topological polar surface area (TPSA) is 66.8 Å². The van der Waals surface area contributed by atoms with E-state index in [0.717, 1.165) is 5.76 Å². The lowest BCUT2D eigenvalue weighted by molar-refractivity contribution is -0.140. The Balaban J connectivity index is 1.94. The first-order chi connectivity index (χ1) is 7.04. The third-order valence-corrected chi connectivity index (χ3v) is 3.78. The van der Waals surface area contributed by atoms with Gasteiger partial charge in [-0.25, -0.2) is 0 Å². The van der Waals surface area contributed by atoms with Gasteiger partial charge in [-0.3, -0.25) is 4.79 Å². The Morgan fingerprint density at radius 1 is 1.60 bits per heavy atom. The van der Waals surface area contributed by atoms with Crippen LogP contribution in [0.4, 0.5) is 0 Å². The van der Waals surface area contributed by atoms with E-state index in [1.165, 1.54) is 0 Å². The van der Waals surface area contributed by atoms with Crippen molar-refractivity contribution < 1.29 is 19.7 Å². The standard InChI is InChI=1S/C11H12O4/c1-11-4-5(12)2-3-6(11)15-9-7(8(9)11)10(13)14/h2-3,7-9,12H,4H2,1H3,(H,13,14)/t7-,8-,9+,11?/m0/s1. The molecule has 1 saturated carbocycles. The average molecular weight is 208 g/mol. The highest BCUT2D eigenvalue weighted by atomic mass is 16.5. The van der Waals surface area contributed by atoms with Gasteiger partial charge in [0.15, 0.2) is 0 Å². The summed E-state index contributed by atoms with van der Waals surface area (Å²) in [5.41, 5.74) is -0.313. The minimum atomic E-state index is -0.792. The number of hydrogen-bond donors (Lipinski definition) is 2. The summed E-state index contributed by atoms with van der Waals surface area (Å²) in [6.45, 7) is 1.97. The highest BCUT2D eigenvalue weighted by Gasteiger charge is 2.71. The summed E-state index contributed by atoms with van der Waals surface area (Å²) in [4.78, 5) is 10.9. The highest BCUT2D eigenvalue weighted by Crippen LogP contribution is 2.65. The number of carboxylic acid groups (broad SMARTS) is 1. The lowest BCUT2D eigenvalue weighted by Gasteiger charge is -2.29. The van der Waals surface area contributed by atoms with E-state index in [9.17, 15) is 9.90 Å². The number of ether oxygens (including phenoxy) is 1. The third-order valence-electron chi connectivity index (χ3n) is 3.78. The van der Waals surface area contributed by atoms with E-state index >= 15 is 0 Å². The lowest BCUT2D eigenvalue weighted by Crippen LogP contribution is -2.25. The van der Waals surface area contributed by atoms with Crippen LogP contribution in [0.1, 0.15) is 13.3 Å². The molecule has 0 aromatic rings. The molecule has 4 nitrogen and oxygen atoms in total. The summed E-state index contributed by atoms with van der Waals surface area (Å²) in [6, 6.07) is 0. The summed E-state index contributed by atoms with van der Waals surface area (Å²) in [5, 5.41) is 18.4. The molecule has 0 amide bonds. The Morgan fingerprint density at radius 3 is 3.00 bits per heavy atom. The number of allylic oxidation sites excluding steroid dienone is 4. The molecule has 1 saturated heterocycles. The minimum absolute atomic E-state index is 0.0251. The van der Waals surface area contributed by atoms with Crippen LogP contribution in [0.15, 0.2) is 23.7 Å². The van der Waals surface area contributed by atoms with Crippen LogP contribution >= 0.6 is 0 Å². The van der Waals surface area contributed by atoms with E-state index in [-0.39, 0.29) is 17.4 Å². The zero-order valence-corrected chi connectivity index (χ0v) is 8.30. The summed E-state index contributed by atoms with van der Waals surface area (Å²) < 4.78 is 5.59. The first kappa shape index (κ1) is 8.83. The smallest absolute Gasteiger partial charge is 0.310 e. The Morgan fingerprint density at radius 2 is 2.33 bits per heavy atom. The molecule has 80 valence electrons. The molecular formula is C11H12O4. The molecule has 0 aromatic carbocycles. The van der Waals surface area contributed by atoms with Crippen LogP contribution < -0.4 is 0 Å². The zero-order chi connectivity index (χ0) is 10.8. The first-order valence-corrected chi connectivity index (χ1v) is 5.04. The van der Waals surface area contributed by atoms with Gasteiger partial charge < -0.3 is 14.9 Å².